The van der Waals surface area contributed by atoms with Gasteiger partial charge in [-0.3, -0.25) is 9.59 Å². The molecule has 1 atom stereocenters. The molecule has 256 valence electrons. The summed E-state index contributed by atoms with van der Waals surface area (Å²) < 4.78 is 17.5. The number of unbranched alkanes of at least 4 members (excludes halogenated alkanes) is 1. The maximum Gasteiger partial charge on any atom is 0.407 e. The number of fused-ring (bicyclic) bond motifs is 4. The summed E-state index contributed by atoms with van der Waals surface area (Å²) in [7, 11) is 0. The minimum atomic E-state index is -0.896. The van der Waals surface area contributed by atoms with Crippen LogP contribution in [0.3, 0.4) is 0 Å². The Morgan fingerprint density at radius 3 is 2.08 bits per heavy atom. The first-order valence-corrected chi connectivity index (χ1v) is 16.8. The van der Waals surface area contributed by atoms with Crippen molar-refractivity contribution in [2.45, 2.75) is 57.6 Å². The quantitative estimate of drug-likeness (QED) is 0.107. The van der Waals surface area contributed by atoms with Gasteiger partial charge in [-0.05, 0) is 74.4 Å². The van der Waals surface area contributed by atoms with Gasteiger partial charge < -0.3 is 24.5 Å². The topological polar surface area (TPSA) is 124 Å². The number of hydrogen-bond acceptors (Lipinski definition) is 7. The van der Waals surface area contributed by atoms with Crippen molar-refractivity contribution in [3.05, 3.63) is 141 Å². The van der Waals surface area contributed by atoms with E-state index in [2.05, 4.69) is 22.8 Å². The number of carbonyl (C=O) groups is 3. The average molecular weight is 673 g/mol. The Kier molecular flexibility index (Phi) is 10.1. The van der Waals surface area contributed by atoms with Crippen molar-refractivity contribution >= 4 is 28.9 Å². The maximum atomic E-state index is 14.0. The van der Waals surface area contributed by atoms with Gasteiger partial charge in [0, 0.05) is 18.0 Å². The van der Waals surface area contributed by atoms with Crippen LogP contribution in [-0.2, 0) is 9.47 Å². The molecule has 9 nitrogen and oxygen atoms in total. The summed E-state index contributed by atoms with van der Waals surface area (Å²) in [5.41, 5.74) is 3.72. The third kappa shape index (κ3) is 7.62. The fourth-order valence-corrected chi connectivity index (χ4v) is 6.38. The lowest BCUT2D eigenvalue weighted by Gasteiger charge is -2.22. The first-order valence-electron chi connectivity index (χ1n) is 16.8. The van der Waals surface area contributed by atoms with E-state index in [1.165, 1.54) is 0 Å². The van der Waals surface area contributed by atoms with E-state index in [1.807, 2.05) is 36.4 Å². The zero-order valence-corrected chi connectivity index (χ0v) is 28.4. The number of rotatable bonds is 11. The highest BCUT2D eigenvalue weighted by Gasteiger charge is 2.32. The molecule has 0 bridgehead atoms. The normalized spacial score (nSPS) is 12.9. The van der Waals surface area contributed by atoms with Gasteiger partial charge in [0.1, 0.15) is 29.1 Å². The molecule has 0 unspecified atom stereocenters. The zero-order valence-electron chi connectivity index (χ0n) is 28.4. The molecule has 1 aliphatic rings. The molecule has 0 fully saturated rings. The van der Waals surface area contributed by atoms with Crippen LogP contribution in [0.5, 0.6) is 0 Å². The summed E-state index contributed by atoms with van der Waals surface area (Å²) in [6.07, 6.45) is 0.0812. The molecule has 0 saturated heterocycles. The van der Waals surface area contributed by atoms with Crippen molar-refractivity contribution in [1.82, 2.24) is 10.6 Å². The molecule has 1 aliphatic carbocycles. The van der Waals surface area contributed by atoms with Crippen LogP contribution >= 0.6 is 0 Å². The van der Waals surface area contributed by atoms with Gasteiger partial charge in [-0.2, -0.15) is 0 Å². The van der Waals surface area contributed by atoms with E-state index in [4.69, 9.17) is 13.9 Å². The third-order valence-corrected chi connectivity index (χ3v) is 8.63. The Labute approximate surface area is 290 Å². The molecule has 1 aromatic heterocycles. The number of carbonyl (C=O) groups excluding carboxylic acids is 3. The van der Waals surface area contributed by atoms with Gasteiger partial charge in [0.05, 0.1) is 11.4 Å². The van der Waals surface area contributed by atoms with E-state index in [-0.39, 0.29) is 35.7 Å². The second-order valence-electron chi connectivity index (χ2n) is 13.3. The molecule has 9 heteroatoms. The highest BCUT2D eigenvalue weighted by atomic mass is 16.6. The fourth-order valence-electron chi connectivity index (χ4n) is 6.38. The first-order chi connectivity index (χ1) is 24.1. The number of nitrogens with one attached hydrogen (secondary N) is 2. The molecule has 0 radical (unpaired) electrons. The van der Waals surface area contributed by atoms with Gasteiger partial charge in [-0.25, -0.2) is 9.59 Å². The number of amides is 2. The lowest BCUT2D eigenvalue weighted by atomic mass is 9.95. The molecule has 2 N–H and O–H groups in total. The predicted molar refractivity (Wildman–Crippen MR) is 191 cm³/mol. The van der Waals surface area contributed by atoms with Crippen molar-refractivity contribution in [2.75, 3.05) is 13.2 Å². The average Bonchev–Trinajstić information content (AvgIpc) is 3.43. The number of ketones is 1. The van der Waals surface area contributed by atoms with Crippen LogP contribution in [0.2, 0.25) is 0 Å². The summed E-state index contributed by atoms with van der Waals surface area (Å²) in [5.74, 6) is -0.610. The Hall–Kier alpha value is -5.70. The molecule has 4 aromatic carbocycles. The molecule has 50 heavy (non-hydrogen) atoms. The van der Waals surface area contributed by atoms with Crippen molar-refractivity contribution in [1.29, 1.82) is 0 Å². The van der Waals surface area contributed by atoms with Crippen LogP contribution in [0, 0.1) is 0 Å². The molecule has 2 amide bonds. The molecular formula is C41H40N2O7. The Balaban J connectivity index is 1.27. The molecular weight excluding hydrogens is 632 g/mol. The van der Waals surface area contributed by atoms with Crippen molar-refractivity contribution < 1.29 is 28.3 Å². The van der Waals surface area contributed by atoms with Crippen LogP contribution in [0.1, 0.15) is 84.8 Å². The van der Waals surface area contributed by atoms with Crippen molar-refractivity contribution in [3.63, 3.8) is 0 Å². The predicted octanol–water partition coefficient (Wildman–Crippen LogP) is 8.30. The molecule has 0 aliphatic heterocycles. The Bertz CT molecular complexity index is 2040. The molecule has 0 saturated carbocycles. The zero-order chi connectivity index (χ0) is 35.3. The fraction of sp³-hybridized carbons (Fsp3) is 0.268. The highest BCUT2D eigenvalue weighted by Crippen LogP contribution is 2.44. The van der Waals surface area contributed by atoms with Crippen LogP contribution in [0.25, 0.3) is 22.1 Å². The monoisotopic (exact) mass is 672 g/mol. The van der Waals surface area contributed by atoms with E-state index in [1.54, 1.807) is 75.4 Å². The summed E-state index contributed by atoms with van der Waals surface area (Å²) in [6, 6.07) is 30.5. The second kappa shape index (κ2) is 14.8. The van der Waals surface area contributed by atoms with E-state index in [9.17, 15) is 19.2 Å². The number of para-hydroxylation sites is 1. The highest BCUT2D eigenvalue weighted by molar-refractivity contribution is 6.10. The number of alkyl carbamates (subject to hydrolysis) is 2. The number of benzene rings is 4. The van der Waals surface area contributed by atoms with Gasteiger partial charge in [0.15, 0.2) is 5.78 Å². The second-order valence-corrected chi connectivity index (χ2v) is 13.3. The number of ether oxygens (including phenoxy) is 2. The molecule has 5 aromatic rings. The Morgan fingerprint density at radius 1 is 0.780 bits per heavy atom. The standard InChI is InChI=1S/C41H40N2O7/c1-41(2,3)50-39(46)42-24-14-13-22-33(43-40(47)48-25-32-29-19-9-7-17-27(29)28-18-8-10-20-30(28)32)38-35(36(44)26-15-5-4-6-16-26)37(45)31-21-11-12-23-34(31)49-38/h4-12,15-21,23,32-33H,13-14,22,24-25H2,1-3H3,(H,42,46)(H,43,47)/t33-/m0/s1. The van der Waals surface area contributed by atoms with Crippen molar-refractivity contribution in [2.24, 2.45) is 0 Å². The largest absolute Gasteiger partial charge is 0.458 e. The van der Waals surface area contributed by atoms with E-state index >= 15 is 0 Å². The molecule has 6 rings (SSSR count). The van der Waals surface area contributed by atoms with E-state index < -0.39 is 35.0 Å². The van der Waals surface area contributed by atoms with Crippen molar-refractivity contribution in [3.8, 4) is 11.1 Å². The van der Waals surface area contributed by atoms with E-state index in [0.717, 1.165) is 22.3 Å². The minimum absolute atomic E-state index is 0.0520. The lowest BCUT2D eigenvalue weighted by Crippen LogP contribution is -2.34. The smallest absolute Gasteiger partial charge is 0.407 e. The van der Waals surface area contributed by atoms with E-state index in [0.29, 0.717) is 30.5 Å². The summed E-state index contributed by atoms with van der Waals surface area (Å²) in [5, 5.41) is 5.92. The van der Waals surface area contributed by atoms with Gasteiger partial charge >= 0.3 is 12.2 Å². The Morgan fingerprint density at radius 2 is 1.40 bits per heavy atom. The van der Waals surface area contributed by atoms with Crippen LogP contribution in [0.4, 0.5) is 9.59 Å². The van der Waals surface area contributed by atoms with Gasteiger partial charge in [-0.1, -0.05) is 91.0 Å². The SMILES string of the molecule is CC(C)(C)OC(=O)NCCCC[C@H](NC(=O)OCC1c2ccccc2-c2ccccc21)c1oc2ccccc2c(=O)c1C(=O)c1ccccc1. The minimum Gasteiger partial charge on any atom is -0.458 e. The first kappa shape index (κ1) is 34.2. The summed E-state index contributed by atoms with van der Waals surface area (Å²) >= 11 is 0. The van der Waals surface area contributed by atoms with Gasteiger partial charge in [0.2, 0.25) is 5.43 Å². The molecule has 0 spiro atoms. The van der Waals surface area contributed by atoms with Gasteiger partial charge in [0.25, 0.3) is 0 Å². The third-order valence-electron chi connectivity index (χ3n) is 8.63. The van der Waals surface area contributed by atoms with Crippen LogP contribution in [0.15, 0.2) is 112 Å². The number of hydrogen-bond donors (Lipinski definition) is 2. The lowest BCUT2D eigenvalue weighted by molar-refractivity contribution is 0.0526. The van der Waals surface area contributed by atoms with Crippen LogP contribution < -0.4 is 16.1 Å². The van der Waals surface area contributed by atoms with Crippen LogP contribution in [-0.4, -0.2) is 36.7 Å². The summed E-state index contributed by atoms with van der Waals surface area (Å²) in [6.45, 7) is 5.78. The molecule has 1 heterocycles. The summed E-state index contributed by atoms with van der Waals surface area (Å²) in [4.78, 5) is 53.7. The maximum absolute atomic E-state index is 14.0. The van der Waals surface area contributed by atoms with Gasteiger partial charge in [-0.15, -0.1) is 0 Å².